The van der Waals surface area contributed by atoms with Crippen molar-refractivity contribution >= 4 is 16.5 Å². The van der Waals surface area contributed by atoms with E-state index in [0.29, 0.717) is 6.54 Å². The Kier molecular flexibility index (Phi) is 9.24. The molecule has 0 heterocycles. The monoisotopic (exact) mass is 259 g/mol. The fraction of sp³-hybridized carbons (Fsp3) is 1.00. The fourth-order valence-electron chi connectivity index (χ4n) is 0.852. The third kappa shape index (κ3) is 10.3. The van der Waals surface area contributed by atoms with Crippen molar-refractivity contribution in [3.8, 4) is 0 Å². The van der Waals surface area contributed by atoms with Crippen molar-refractivity contribution in [2.45, 2.75) is 32.6 Å². The number of rotatable bonds is 9. The second kappa shape index (κ2) is 9.24. The average Bonchev–Trinajstić information content (AvgIpc) is 2.10. The fourth-order valence-corrected chi connectivity index (χ4v) is 1.48. The summed E-state index contributed by atoms with van der Waals surface area (Å²) in [5.41, 5.74) is 0. The standard InChI is InChI=1S/C6H13NO6P2/c1-2-3-4-5-7-6(12-14(8)9)13-15(10)11/h6-7H,2-5H2,1H3/p+2. The van der Waals surface area contributed by atoms with Crippen molar-refractivity contribution in [1.29, 1.82) is 0 Å². The lowest BCUT2D eigenvalue weighted by atomic mass is 10.2. The Morgan fingerprint density at radius 1 is 1.20 bits per heavy atom. The van der Waals surface area contributed by atoms with Crippen molar-refractivity contribution in [1.82, 2.24) is 5.32 Å². The van der Waals surface area contributed by atoms with Crippen LogP contribution in [0.15, 0.2) is 0 Å². The van der Waals surface area contributed by atoms with Gasteiger partial charge < -0.3 is 0 Å². The molecule has 15 heavy (non-hydrogen) atoms. The summed E-state index contributed by atoms with van der Waals surface area (Å²) in [6.07, 6.45) is 1.50. The Hall–Kier alpha value is -0.0000000000000000763. The first kappa shape index (κ1) is 15.0. The van der Waals surface area contributed by atoms with Crippen molar-refractivity contribution in [2.75, 3.05) is 6.54 Å². The van der Waals surface area contributed by atoms with Gasteiger partial charge in [-0.2, -0.15) is 0 Å². The molecule has 0 fully saturated rings. The first-order valence-electron chi connectivity index (χ1n) is 4.45. The molecule has 2 atom stereocenters. The summed E-state index contributed by atoms with van der Waals surface area (Å²) >= 11 is 0. The topological polar surface area (TPSA) is 105 Å². The SMILES string of the molecule is CCCCCNC(O[P+](=O)O)O[P+](=O)O. The third-order valence-corrected chi connectivity index (χ3v) is 2.21. The lowest BCUT2D eigenvalue weighted by Gasteiger charge is -2.05. The Morgan fingerprint density at radius 2 is 1.73 bits per heavy atom. The van der Waals surface area contributed by atoms with E-state index in [4.69, 9.17) is 9.79 Å². The zero-order valence-corrected chi connectivity index (χ0v) is 10.1. The van der Waals surface area contributed by atoms with E-state index in [2.05, 4.69) is 14.4 Å². The molecular weight excluding hydrogens is 244 g/mol. The van der Waals surface area contributed by atoms with Crippen molar-refractivity contribution < 1.29 is 28.0 Å². The summed E-state index contributed by atoms with van der Waals surface area (Å²) in [6.45, 7) is 2.50. The number of hydrogen-bond donors (Lipinski definition) is 3. The molecule has 88 valence electrons. The van der Waals surface area contributed by atoms with Gasteiger partial charge in [0.25, 0.3) is 0 Å². The maximum absolute atomic E-state index is 10.3. The molecule has 0 bridgehead atoms. The molecule has 0 aliphatic carbocycles. The van der Waals surface area contributed by atoms with E-state index in [0.717, 1.165) is 19.3 Å². The van der Waals surface area contributed by atoms with Gasteiger partial charge in [-0.3, -0.25) is 5.32 Å². The van der Waals surface area contributed by atoms with Crippen LogP contribution in [0.3, 0.4) is 0 Å². The molecule has 9 heteroatoms. The number of nitrogens with one attached hydrogen (secondary N) is 1. The van der Waals surface area contributed by atoms with Crippen LogP contribution in [0.2, 0.25) is 0 Å². The minimum Gasteiger partial charge on any atom is -0.261 e. The molecule has 2 unspecified atom stereocenters. The van der Waals surface area contributed by atoms with Gasteiger partial charge in [0.1, 0.15) is 0 Å². The van der Waals surface area contributed by atoms with Gasteiger partial charge in [0.15, 0.2) is 0 Å². The molecule has 7 nitrogen and oxygen atoms in total. The molecule has 0 rings (SSSR count). The van der Waals surface area contributed by atoms with Crippen LogP contribution in [0.25, 0.3) is 0 Å². The molecular formula is C6H15NO6P2+2. The predicted molar refractivity (Wildman–Crippen MR) is 53.1 cm³/mol. The Bertz CT molecular complexity index is 198. The highest BCUT2D eigenvalue weighted by Crippen LogP contribution is 2.24. The highest BCUT2D eigenvalue weighted by Gasteiger charge is 2.31. The van der Waals surface area contributed by atoms with Crippen LogP contribution >= 0.6 is 16.5 Å². The lowest BCUT2D eigenvalue weighted by Crippen LogP contribution is -2.31. The number of unbranched alkanes of at least 4 members (excludes halogenated alkanes) is 2. The van der Waals surface area contributed by atoms with Gasteiger partial charge in [0, 0.05) is 15.7 Å². The normalized spacial score (nSPS) is 14.9. The van der Waals surface area contributed by atoms with E-state index in [1.54, 1.807) is 0 Å². The molecule has 3 N–H and O–H groups in total. The Morgan fingerprint density at radius 3 is 2.13 bits per heavy atom. The molecule has 0 saturated carbocycles. The smallest absolute Gasteiger partial charge is 0.261 e. The molecule has 0 radical (unpaired) electrons. The minimum absolute atomic E-state index is 0.477. The quantitative estimate of drug-likeness (QED) is 0.326. The van der Waals surface area contributed by atoms with Crippen molar-refractivity contribution in [2.24, 2.45) is 0 Å². The maximum atomic E-state index is 10.3. The summed E-state index contributed by atoms with van der Waals surface area (Å²) in [6, 6.07) is 0. The largest absolute Gasteiger partial charge is 0.699 e. The van der Waals surface area contributed by atoms with Gasteiger partial charge in [0.2, 0.25) is 0 Å². The van der Waals surface area contributed by atoms with E-state index in [9.17, 15) is 9.13 Å². The zero-order chi connectivity index (χ0) is 11.7. The molecule has 0 spiro atoms. The molecule has 0 aromatic rings. The minimum atomic E-state index is -2.87. The molecule has 0 saturated heterocycles. The van der Waals surface area contributed by atoms with Crippen LogP contribution in [0.5, 0.6) is 0 Å². The van der Waals surface area contributed by atoms with Gasteiger partial charge >= 0.3 is 22.9 Å². The zero-order valence-electron chi connectivity index (χ0n) is 8.33. The predicted octanol–water partition coefficient (Wildman–Crippen LogP) is 1.38. The average molecular weight is 259 g/mol. The molecule has 0 aromatic carbocycles. The molecule has 0 aliphatic heterocycles. The van der Waals surface area contributed by atoms with E-state index < -0.39 is 22.9 Å². The van der Waals surface area contributed by atoms with E-state index >= 15 is 0 Å². The summed E-state index contributed by atoms with van der Waals surface area (Å²) in [5, 5.41) is 2.59. The second-order valence-electron chi connectivity index (χ2n) is 2.68. The van der Waals surface area contributed by atoms with Crippen LogP contribution in [-0.2, 0) is 18.2 Å². The van der Waals surface area contributed by atoms with Crippen LogP contribution < -0.4 is 5.32 Å². The van der Waals surface area contributed by atoms with Crippen LogP contribution in [0.1, 0.15) is 26.2 Å². The molecule has 0 aromatic heterocycles. The van der Waals surface area contributed by atoms with Gasteiger partial charge in [0.05, 0.1) is 0 Å². The molecule has 0 amide bonds. The van der Waals surface area contributed by atoms with E-state index in [1.807, 2.05) is 6.92 Å². The Balaban J connectivity index is 3.79. The lowest BCUT2D eigenvalue weighted by molar-refractivity contribution is -0.0240. The van der Waals surface area contributed by atoms with E-state index in [1.165, 1.54) is 0 Å². The summed E-state index contributed by atoms with van der Waals surface area (Å²) in [5.74, 6) is 0. The Labute approximate surface area is 89.7 Å². The first-order valence-corrected chi connectivity index (χ1v) is 6.71. The van der Waals surface area contributed by atoms with Crippen LogP contribution in [0, 0.1) is 0 Å². The summed E-state index contributed by atoms with van der Waals surface area (Å²) in [4.78, 5) is 16.9. The highest BCUT2D eigenvalue weighted by atomic mass is 31.1. The maximum Gasteiger partial charge on any atom is 0.699 e. The van der Waals surface area contributed by atoms with Gasteiger partial charge in [-0.25, -0.2) is 0 Å². The van der Waals surface area contributed by atoms with Gasteiger partial charge in [-0.15, -0.1) is 9.79 Å². The highest BCUT2D eigenvalue weighted by molar-refractivity contribution is 7.32. The summed E-state index contributed by atoms with van der Waals surface area (Å²) in [7, 11) is -5.74. The van der Waals surface area contributed by atoms with Gasteiger partial charge in [-0.05, 0) is 6.42 Å². The van der Waals surface area contributed by atoms with Crippen LogP contribution in [-0.4, -0.2) is 22.7 Å². The number of hydrogen-bond acceptors (Lipinski definition) is 5. The second-order valence-corrected chi connectivity index (χ2v) is 4.05. The first-order chi connectivity index (χ1) is 7.06. The van der Waals surface area contributed by atoms with Crippen molar-refractivity contribution in [3.63, 3.8) is 0 Å². The van der Waals surface area contributed by atoms with E-state index in [-0.39, 0.29) is 0 Å². The van der Waals surface area contributed by atoms with Gasteiger partial charge in [-0.1, -0.05) is 28.8 Å². The van der Waals surface area contributed by atoms with Crippen LogP contribution in [0.4, 0.5) is 0 Å². The summed E-state index contributed by atoms with van der Waals surface area (Å²) < 4.78 is 29.3. The molecule has 0 aliphatic rings. The third-order valence-electron chi connectivity index (χ3n) is 1.46. The van der Waals surface area contributed by atoms with Crippen molar-refractivity contribution in [3.05, 3.63) is 0 Å².